The molecular weight excluding hydrogens is 452 g/mol. The quantitative estimate of drug-likeness (QED) is 0.549. The highest BCUT2D eigenvalue weighted by molar-refractivity contribution is 5.97. The molecule has 4 rings (SSSR count). The number of amides is 2. The van der Waals surface area contributed by atoms with Crippen molar-refractivity contribution >= 4 is 11.8 Å². The molecule has 2 aromatic rings. The number of nitrogens with zero attached hydrogens (tertiary/aromatic N) is 2. The Labute approximate surface area is 215 Å². The van der Waals surface area contributed by atoms with Crippen molar-refractivity contribution in [1.29, 1.82) is 0 Å². The first-order valence-corrected chi connectivity index (χ1v) is 13.7. The number of carbonyl (C=O) groups excluding carboxylic acids is 2. The molecule has 2 aromatic carbocycles. The van der Waals surface area contributed by atoms with E-state index in [9.17, 15) is 9.59 Å². The van der Waals surface area contributed by atoms with E-state index in [2.05, 4.69) is 0 Å². The molecule has 194 valence electrons. The minimum atomic E-state index is -0.145. The second-order valence-electron chi connectivity index (χ2n) is 9.85. The second kappa shape index (κ2) is 13.3. The molecule has 0 unspecified atom stereocenters. The monoisotopic (exact) mass is 492 g/mol. The van der Waals surface area contributed by atoms with Gasteiger partial charge in [0.05, 0.1) is 11.6 Å². The van der Waals surface area contributed by atoms with Crippen LogP contribution in [0, 0.1) is 0 Å². The van der Waals surface area contributed by atoms with Gasteiger partial charge in [0.2, 0.25) is 0 Å². The fourth-order valence-corrected chi connectivity index (χ4v) is 5.39. The molecule has 0 spiro atoms. The van der Waals surface area contributed by atoms with Gasteiger partial charge in [0.25, 0.3) is 11.8 Å². The van der Waals surface area contributed by atoms with Crippen molar-refractivity contribution < 1.29 is 19.1 Å². The molecule has 0 bridgehead atoms. The lowest BCUT2D eigenvalue weighted by molar-refractivity contribution is -0.139. The molecule has 1 saturated carbocycles. The first kappa shape index (κ1) is 26.1. The Morgan fingerprint density at radius 3 is 2.39 bits per heavy atom. The van der Waals surface area contributed by atoms with Crippen LogP contribution in [-0.2, 0) is 4.79 Å². The molecule has 1 aliphatic carbocycles. The Balaban J connectivity index is 1.58. The van der Waals surface area contributed by atoms with E-state index in [4.69, 9.17) is 9.47 Å². The lowest BCUT2D eigenvalue weighted by atomic mass is 9.90. The number of carbonyl (C=O) groups is 2. The van der Waals surface area contributed by atoms with Crippen LogP contribution in [0.3, 0.4) is 0 Å². The molecule has 0 radical (unpaired) electrons. The molecule has 1 heterocycles. The van der Waals surface area contributed by atoms with E-state index in [1.54, 1.807) is 0 Å². The van der Waals surface area contributed by atoms with Crippen molar-refractivity contribution in [3.63, 3.8) is 0 Å². The zero-order valence-corrected chi connectivity index (χ0v) is 21.6. The number of hydrogen-bond acceptors (Lipinski definition) is 4. The van der Waals surface area contributed by atoms with Gasteiger partial charge in [-0.2, -0.15) is 0 Å². The minimum absolute atomic E-state index is 0.00480. The third-order valence-corrected chi connectivity index (χ3v) is 7.39. The van der Waals surface area contributed by atoms with Gasteiger partial charge in [-0.15, -0.1) is 0 Å². The van der Waals surface area contributed by atoms with Gasteiger partial charge in [-0.25, -0.2) is 0 Å². The van der Waals surface area contributed by atoms with Gasteiger partial charge in [-0.05, 0) is 63.3 Å². The number of benzene rings is 2. The Kier molecular flexibility index (Phi) is 9.65. The summed E-state index contributed by atoms with van der Waals surface area (Å²) in [4.78, 5) is 30.8. The van der Waals surface area contributed by atoms with Gasteiger partial charge < -0.3 is 19.3 Å². The zero-order chi connectivity index (χ0) is 25.2. The van der Waals surface area contributed by atoms with E-state index < -0.39 is 0 Å². The van der Waals surface area contributed by atoms with Crippen LogP contribution in [0.1, 0.15) is 75.1 Å². The molecule has 0 saturated heterocycles. The topological polar surface area (TPSA) is 59.1 Å². The van der Waals surface area contributed by atoms with E-state index in [1.807, 2.05) is 71.3 Å². The van der Waals surface area contributed by atoms with E-state index >= 15 is 0 Å². The van der Waals surface area contributed by atoms with Gasteiger partial charge in [-0.1, -0.05) is 56.0 Å². The van der Waals surface area contributed by atoms with Crippen LogP contribution < -0.4 is 9.47 Å². The van der Waals surface area contributed by atoms with Crippen molar-refractivity contribution in [2.45, 2.75) is 76.9 Å². The van der Waals surface area contributed by atoms with Crippen molar-refractivity contribution in [2.75, 3.05) is 26.2 Å². The Hall–Kier alpha value is -3.02. The molecule has 2 atom stereocenters. The van der Waals surface area contributed by atoms with Crippen LogP contribution in [0.15, 0.2) is 54.6 Å². The van der Waals surface area contributed by atoms with E-state index in [1.165, 1.54) is 0 Å². The molecule has 1 aliphatic heterocycles. The molecule has 2 amide bonds. The summed E-state index contributed by atoms with van der Waals surface area (Å²) in [6, 6.07) is 17.1. The van der Waals surface area contributed by atoms with Gasteiger partial charge in [-0.3, -0.25) is 9.59 Å². The SMILES string of the molecule is CCN1CCCCCCCN(C(=O)COc2ccccc2)[C@@H]2CCCC[C@@H]2Oc2ccccc2C1=O. The maximum absolute atomic E-state index is 13.5. The fourth-order valence-electron chi connectivity index (χ4n) is 5.39. The highest BCUT2D eigenvalue weighted by Gasteiger charge is 2.35. The molecule has 1 fully saturated rings. The maximum Gasteiger partial charge on any atom is 0.260 e. The summed E-state index contributed by atoms with van der Waals surface area (Å²) in [7, 11) is 0. The number of para-hydroxylation sites is 2. The smallest absolute Gasteiger partial charge is 0.260 e. The van der Waals surface area contributed by atoms with Crippen molar-refractivity contribution in [3.8, 4) is 11.5 Å². The average Bonchev–Trinajstić information content (AvgIpc) is 2.92. The van der Waals surface area contributed by atoms with Crippen LogP contribution >= 0.6 is 0 Å². The normalized spacial score (nSPS) is 21.9. The van der Waals surface area contributed by atoms with Crippen LogP contribution in [0.25, 0.3) is 0 Å². The summed E-state index contributed by atoms with van der Waals surface area (Å²) in [5.74, 6) is 1.36. The Bertz CT molecular complexity index is 980. The highest BCUT2D eigenvalue weighted by atomic mass is 16.5. The first-order chi connectivity index (χ1) is 17.7. The molecule has 6 heteroatoms. The summed E-state index contributed by atoms with van der Waals surface area (Å²) in [5, 5.41) is 0. The second-order valence-corrected chi connectivity index (χ2v) is 9.85. The van der Waals surface area contributed by atoms with E-state index in [0.717, 1.165) is 64.3 Å². The lowest BCUT2D eigenvalue weighted by Crippen LogP contribution is -2.52. The lowest BCUT2D eigenvalue weighted by Gasteiger charge is -2.40. The Morgan fingerprint density at radius 2 is 1.58 bits per heavy atom. The van der Waals surface area contributed by atoms with Gasteiger partial charge in [0, 0.05) is 19.6 Å². The van der Waals surface area contributed by atoms with Crippen LogP contribution in [0.2, 0.25) is 0 Å². The summed E-state index contributed by atoms with van der Waals surface area (Å²) < 4.78 is 12.4. The average molecular weight is 493 g/mol. The van der Waals surface area contributed by atoms with Gasteiger partial charge in [0.15, 0.2) is 6.61 Å². The summed E-state index contributed by atoms with van der Waals surface area (Å²) in [6.07, 6.45) is 8.96. The highest BCUT2D eigenvalue weighted by Crippen LogP contribution is 2.30. The van der Waals surface area contributed by atoms with Crippen molar-refractivity contribution in [2.24, 2.45) is 0 Å². The molecule has 36 heavy (non-hydrogen) atoms. The number of rotatable bonds is 4. The number of ether oxygens (including phenoxy) is 2. The van der Waals surface area contributed by atoms with E-state index in [-0.39, 0.29) is 30.6 Å². The van der Waals surface area contributed by atoms with E-state index in [0.29, 0.717) is 30.2 Å². The van der Waals surface area contributed by atoms with Crippen molar-refractivity contribution in [3.05, 3.63) is 60.2 Å². The first-order valence-electron chi connectivity index (χ1n) is 13.7. The molecule has 2 aliphatic rings. The van der Waals surface area contributed by atoms with Crippen LogP contribution in [-0.4, -0.2) is 60.0 Å². The molecular formula is C30H40N2O4. The molecule has 0 N–H and O–H groups in total. The minimum Gasteiger partial charge on any atom is -0.487 e. The summed E-state index contributed by atoms with van der Waals surface area (Å²) in [5.41, 5.74) is 0.615. The largest absolute Gasteiger partial charge is 0.487 e. The summed E-state index contributed by atoms with van der Waals surface area (Å²) >= 11 is 0. The predicted molar refractivity (Wildman–Crippen MR) is 141 cm³/mol. The number of fused-ring (bicyclic) bond motifs is 2. The fraction of sp³-hybridized carbons (Fsp3) is 0.533. The Morgan fingerprint density at radius 1 is 0.889 bits per heavy atom. The third-order valence-electron chi connectivity index (χ3n) is 7.39. The molecule has 6 nitrogen and oxygen atoms in total. The maximum atomic E-state index is 13.5. The van der Waals surface area contributed by atoms with Gasteiger partial charge >= 0.3 is 0 Å². The molecule has 0 aromatic heterocycles. The standard InChI is InChI=1S/C30H40N2O4/c1-2-31-21-13-4-3-5-14-22-32(29(33)23-35-24-15-7-6-8-16-24)26-18-10-12-20-28(26)36-27-19-11-9-17-25(27)30(31)34/h6-9,11,15-17,19,26,28H,2-5,10,12-14,18,20-23H2,1H3/t26-,28+/m1/s1. The summed E-state index contributed by atoms with van der Waals surface area (Å²) in [6.45, 7) is 4.21. The number of hydrogen-bond donors (Lipinski definition) is 0. The van der Waals surface area contributed by atoms with Crippen molar-refractivity contribution in [1.82, 2.24) is 9.80 Å². The predicted octanol–water partition coefficient (Wildman–Crippen LogP) is 5.71. The van der Waals surface area contributed by atoms with Crippen LogP contribution in [0.4, 0.5) is 0 Å². The third kappa shape index (κ3) is 6.80. The van der Waals surface area contributed by atoms with Crippen LogP contribution in [0.5, 0.6) is 11.5 Å². The van der Waals surface area contributed by atoms with Gasteiger partial charge in [0.1, 0.15) is 17.6 Å². The zero-order valence-electron chi connectivity index (χ0n) is 21.6.